The monoisotopic (exact) mass is 315 g/mol. The van der Waals surface area contributed by atoms with Crippen LogP contribution < -0.4 is 10.1 Å². The number of phenolic OH excluding ortho intramolecular Hbond substituents is 1. The molecule has 20 heavy (non-hydrogen) atoms. The van der Waals surface area contributed by atoms with Gasteiger partial charge in [0.2, 0.25) is 0 Å². The zero-order valence-electron chi connectivity index (χ0n) is 12.0. The fourth-order valence-corrected chi connectivity index (χ4v) is 3.99. The number of phenols is 1. The van der Waals surface area contributed by atoms with Gasteiger partial charge in [-0.3, -0.25) is 0 Å². The van der Waals surface area contributed by atoms with E-state index in [-0.39, 0.29) is 5.75 Å². The van der Waals surface area contributed by atoms with Crippen molar-refractivity contribution in [2.75, 3.05) is 19.9 Å². The fraction of sp³-hybridized carbons (Fsp3) is 0.600. The molecule has 0 radical (unpaired) electrons. The number of thioether (sulfide) groups is 1. The molecule has 1 aromatic carbocycles. The smallest absolute Gasteiger partial charge is 0.162 e. The van der Waals surface area contributed by atoms with Crippen LogP contribution in [0.15, 0.2) is 12.1 Å². The van der Waals surface area contributed by atoms with Crippen molar-refractivity contribution in [2.45, 2.75) is 37.0 Å². The van der Waals surface area contributed by atoms with E-state index >= 15 is 0 Å². The zero-order valence-corrected chi connectivity index (χ0v) is 13.6. The third kappa shape index (κ3) is 3.54. The summed E-state index contributed by atoms with van der Waals surface area (Å²) in [5.41, 5.74) is 0.781. The van der Waals surface area contributed by atoms with Crippen LogP contribution in [0.4, 0.5) is 0 Å². The Morgan fingerprint density at radius 3 is 2.70 bits per heavy atom. The van der Waals surface area contributed by atoms with Crippen LogP contribution in [0.25, 0.3) is 0 Å². The highest BCUT2D eigenvalue weighted by molar-refractivity contribution is 8.00. The van der Waals surface area contributed by atoms with Crippen molar-refractivity contribution in [1.29, 1.82) is 0 Å². The van der Waals surface area contributed by atoms with Crippen molar-refractivity contribution in [3.8, 4) is 11.5 Å². The Hall–Kier alpha value is -0.580. The summed E-state index contributed by atoms with van der Waals surface area (Å²) < 4.78 is 5.48. The Balaban J connectivity index is 1.99. The molecule has 5 heteroatoms. The first-order valence-electron chi connectivity index (χ1n) is 6.91. The molecule has 1 saturated carbocycles. The first-order chi connectivity index (χ1) is 9.60. The first kappa shape index (κ1) is 15.8. The molecule has 0 saturated heterocycles. The molecule has 1 aliphatic carbocycles. The van der Waals surface area contributed by atoms with Crippen LogP contribution in [0.3, 0.4) is 0 Å². The van der Waals surface area contributed by atoms with Gasteiger partial charge in [-0.05, 0) is 25.2 Å². The molecule has 0 heterocycles. The van der Waals surface area contributed by atoms with Crippen molar-refractivity contribution in [1.82, 2.24) is 5.32 Å². The van der Waals surface area contributed by atoms with E-state index in [4.69, 9.17) is 16.3 Å². The molecular weight excluding hydrogens is 294 g/mol. The Bertz CT molecular complexity index is 461. The average molecular weight is 316 g/mol. The predicted molar refractivity (Wildman–Crippen MR) is 86.1 cm³/mol. The molecule has 2 N–H and O–H groups in total. The standard InChI is InChI=1S/C15H22ClNO2S/c1-19-13-8-12(16)7-11(14(13)18)9-17-10-15(20-2)5-3-4-6-15/h7-8,17-18H,3-6,9-10H2,1-2H3. The van der Waals surface area contributed by atoms with E-state index in [0.717, 1.165) is 12.1 Å². The van der Waals surface area contributed by atoms with E-state index in [1.807, 2.05) is 11.8 Å². The molecule has 1 aromatic rings. The Labute approximate surface area is 130 Å². The second kappa shape index (κ2) is 6.92. The van der Waals surface area contributed by atoms with Crippen LogP contribution in [0.2, 0.25) is 5.02 Å². The maximum Gasteiger partial charge on any atom is 0.162 e. The number of nitrogens with one attached hydrogen (secondary N) is 1. The van der Waals surface area contributed by atoms with Crippen molar-refractivity contribution in [2.24, 2.45) is 0 Å². The molecule has 0 aliphatic heterocycles. The van der Waals surface area contributed by atoms with Gasteiger partial charge in [0, 0.05) is 34.5 Å². The maximum absolute atomic E-state index is 10.1. The summed E-state index contributed by atoms with van der Waals surface area (Å²) in [6.07, 6.45) is 7.36. The van der Waals surface area contributed by atoms with Gasteiger partial charge in [0.1, 0.15) is 0 Å². The summed E-state index contributed by atoms with van der Waals surface area (Å²) in [4.78, 5) is 0. The second-order valence-electron chi connectivity index (χ2n) is 5.31. The fourth-order valence-electron chi connectivity index (χ4n) is 2.82. The number of benzene rings is 1. The van der Waals surface area contributed by atoms with Crippen LogP contribution >= 0.6 is 23.4 Å². The summed E-state index contributed by atoms with van der Waals surface area (Å²) in [7, 11) is 1.53. The molecule has 0 unspecified atom stereocenters. The van der Waals surface area contributed by atoms with Crippen LogP contribution in [0.5, 0.6) is 11.5 Å². The van der Waals surface area contributed by atoms with E-state index in [1.54, 1.807) is 12.1 Å². The molecule has 3 nitrogen and oxygen atoms in total. The van der Waals surface area contributed by atoms with Gasteiger partial charge in [0.05, 0.1) is 7.11 Å². The topological polar surface area (TPSA) is 41.5 Å². The Morgan fingerprint density at radius 1 is 1.40 bits per heavy atom. The van der Waals surface area contributed by atoms with E-state index in [1.165, 1.54) is 32.8 Å². The lowest BCUT2D eigenvalue weighted by molar-refractivity contribution is 0.369. The molecule has 0 spiro atoms. The first-order valence-corrected chi connectivity index (χ1v) is 8.52. The molecule has 1 fully saturated rings. The quantitative estimate of drug-likeness (QED) is 0.837. The lowest BCUT2D eigenvalue weighted by atomic mass is 10.1. The minimum Gasteiger partial charge on any atom is -0.504 e. The van der Waals surface area contributed by atoms with Gasteiger partial charge < -0.3 is 15.2 Å². The van der Waals surface area contributed by atoms with Gasteiger partial charge >= 0.3 is 0 Å². The molecule has 0 amide bonds. The molecule has 1 aliphatic rings. The molecule has 112 valence electrons. The molecular formula is C15H22ClNO2S. The summed E-state index contributed by atoms with van der Waals surface area (Å²) in [5, 5.41) is 14.1. The largest absolute Gasteiger partial charge is 0.504 e. The second-order valence-corrected chi connectivity index (χ2v) is 7.02. The van der Waals surface area contributed by atoms with Crippen molar-refractivity contribution in [3.63, 3.8) is 0 Å². The van der Waals surface area contributed by atoms with Crippen LogP contribution in [0.1, 0.15) is 31.2 Å². The number of hydrogen-bond acceptors (Lipinski definition) is 4. The molecule has 0 aromatic heterocycles. The van der Waals surface area contributed by atoms with Gasteiger partial charge in [-0.1, -0.05) is 24.4 Å². The number of halogens is 1. The number of hydrogen-bond donors (Lipinski definition) is 2. The maximum atomic E-state index is 10.1. The van der Waals surface area contributed by atoms with Gasteiger partial charge in [-0.25, -0.2) is 0 Å². The predicted octanol–water partition coefficient (Wildman–Crippen LogP) is 3.82. The van der Waals surface area contributed by atoms with Crippen LogP contribution in [0, 0.1) is 0 Å². The SMILES string of the molecule is COc1cc(Cl)cc(CNCC2(SC)CCCC2)c1O. The summed E-state index contributed by atoms with van der Waals surface area (Å²) in [6.45, 7) is 1.56. The third-order valence-electron chi connectivity index (χ3n) is 4.05. The van der Waals surface area contributed by atoms with E-state index in [9.17, 15) is 5.11 Å². The normalized spacial score (nSPS) is 17.4. The van der Waals surface area contributed by atoms with Gasteiger partial charge in [-0.2, -0.15) is 11.8 Å². The van der Waals surface area contributed by atoms with Crippen LogP contribution in [-0.2, 0) is 6.54 Å². The van der Waals surface area contributed by atoms with E-state index in [0.29, 0.717) is 22.1 Å². The van der Waals surface area contributed by atoms with Crippen molar-refractivity contribution < 1.29 is 9.84 Å². The lowest BCUT2D eigenvalue weighted by Gasteiger charge is -2.27. The van der Waals surface area contributed by atoms with Gasteiger partial charge in [-0.15, -0.1) is 0 Å². The molecule has 0 bridgehead atoms. The Kier molecular flexibility index (Phi) is 5.47. The molecule has 0 atom stereocenters. The highest BCUT2D eigenvalue weighted by atomic mass is 35.5. The van der Waals surface area contributed by atoms with Gasteiger partial charge in [0.15, 0.2) is 11.5 Å². The number of rotatable bonds is 6. The molecule has 2 rings (SSSR count). The lowest BCUT2D eigenvalue weighted by Crippen LogP contribution is -2.34. The van der Waals surface area contributed by atoms with Crippen molar-refractivity contribution >= 4 is 23.4 Å². The minimum atomic E-state index is 0.175. The van der Waals surface area contributed by atoms with Gasteiger partial charge in [0.25, 0.3) is 0 Å². The average Bonchev–Trinajstić information content (AvgIpc) is 2.91. The van der Waals surface area contributed by atoms with E-state index < -0.39 is 0 Å². The van der Waals surface area contributed by atoms with E-state index in [2.05, 4.69) is 11.6 Å². The number of aromatic hydroxyl groups is 1. The Morgan fingerprint density at radius 2 is 2.10 bits per heavy atom. The van der Waals surface area contributed by atoms with Crippen molar-refractivity contribution in [3.05, 3.63) is 22.7 Å². The zero-order chi connectivity index (χ0) is 14.6. The summed E-state index contributed by atoms with van der Waals surface area (Å²) in [5.74, 6) is 0.601. The van der Waals surface area contributed by atoms with Crippen LogP contribution in [-0.4, -0.2) is 29.8 Å². The summed E-state index contributed by atoms with van der Waals surface area (Å²) in [6, 6.07) is 3.41. The number of ether oxygens (including phenoxy) is 1. The minimum absolute atomic E-state index is 0.175. The summed E-state index contributed by atoms with van der Waals surface area (Å²) >= 11 is 7.99. The highest BCUT2D eigenvalue weighted by Gasteiger charge is 2.32. The highest BCUT2D eigenvalue weighted by Crippen LogP contribution is 2.40. The third-order valence-corrected chi connectivity index (χ3v) is 5.69. The number of methoxy groups -OCH3 is 1.